The van der Waals surface area contributed by atoms with Crippen molar-refractivity contribution in [2.45, 2.75) is 18.2 Å². The van der Waals surface area contributed by atoms with Crippen molar-refractivity contribution in [3.05, 3.63) is 24.6 Å². The molecule has 94 valence electrons. The van der Waals surface area contributed by atoms with E-state index in [4.69, 9.17) is 5.73 Å². The van der Waals surface area contributed by atoms with Crippen molar-refractivity contribution < 1.29 is 14.6 Å². The average Bonchev–Trinajstić information content (AvgIpc) is 2.84. The van der Waals surface area contributed by atoms with Crippen molar-refractivity contribution >= 4 is 17.0 Å². The van der Waals surface area contributed by atoms with Crippen LogP contribution in [0.15, 0.2) is 24.6 Å². The molecule has 0 saturated carbocycles. The van der Waals surface area contributed by atoms with Crippen LogP contribution in [0.1, 0.15) is 6.04 Å². The van der Waals surface area contributed by atoms with Gasteiger partial charge < -0.3 is 20.5 Å². The zero-order valence-electron chi connectivity index (χ0n) is 9.10. The molecule has 0 amide bonds. The molecule has 0 radical (unpaired) electrons. The number of aliphatic hydroxyl groups excluding tert-OH is 2. The van der Waals surface area contributed by atoms with Crippen LogP contribution in [-0.2, 0) is 0 Å². The van der Waals surface area contributed by atoms with Gasteiger partial charge >= 0.3 is 0 Å². The minimum Gasteiger partial charge on any atom is -0.387 e. The summed E-state index contributed by atoms with van der Waals surface area (Å²) in [5, 5.41) is 19.2. The van der Waals surface area contributed by atoms with E-state index in [-0.39, 0.29) is 5.82 Å². The molecule has 1 aliphatic carbocycles. The van der Waals surface area contributed by atoms with Gasteiger partial charge in [0.15, 0.2) is 11.5 Å². The maximum Gasteiger partial charge on any atom is 0.166 e. The van der Waals surface area contributed by atoms with Crippen molar-refractivity contribution in [1.82, 2.24) is 19.5 Å². The van der Waals surface area contributed by atoms with Gasteiger partial charge in [0.25, 0.3) is 0 Å². The van der Waals surface area contributed by atoms with Crippen LogP contribution in [0.4, 0.5) is 10.2 Å². The highest BCUT2D eigenvalue weighted by Crippen LogP contribution is 2.34. The largest absolute Gasteiger partial charge is 0.387 e. The van der Waals surface area contributed by atoms with E-state index in [1.54, 1.807) is 0 Å². The molecule has 1 aliphatic rings. The molecule has 0 aliphatic heterocycles. The van der Waals surface area contributed by atoms with Crippen molar-refractivity contribution in [1.29, 1.82) is 0 Å². The van der Waals surface area contributed by atoms with Gasteiger partial charge in [-0.2, -0.15) is 0 Å². The van der Waals surface area contributed by atoms with Crippen LogP contribution in [0, 0.1) is 0 Å². The van der Waals surface area contributed by atoms with Crippen LogP contribution in [0.2, 0.25) is 0 Å². The van der Waals surface area contributed by atoms with Crippen LogP contribution in [0.3, 0.4) is 0 Å². The first-order valence-corrected chi connectivity index (χ1v) is 5.26. The van der Waals surface area contributed by atoms with Crippen molar-refractivity contribution in [3.63, 3.8) is 0 Å². The smallest absolute Gasteiger partial charge is 0.166 e. The second-order valence-corrected chi connectivity index (χ2v) is 4.06. The Morgan fingerprint density at radius 2 is 2.06 bits per heavy atom. The minimum absolute atomic E-state index is 0.177. The summed E-state index contributed by atoms with van der Waals surface area (Å²) in [5.41, 5.74) is 6.26. The first kappa shape index (κ1) is 11.1. The third kappa shape index (κ3) is 1.39. The number of nitrogens with zero attached hydrogens (tertiary/aromatic N) is 4. The lowest BCUT2D eigenvalue weighted by Gasteiger charge is -2.18. The van der Waals surface area contributed by atoms with E-state index in [1.807, 2.05) is 0 Å². The lowest BCUT2D eigenvalue weighted by atomic mass is 10.2. The van der Waals surface area contributed by atoms with Gasteiger partial charge in [0.2, 0.25) is 0 Å². The molecular formula is C10H10FN5O2. The Kier molecular flexibility index (Phi) is 2.28. The van der Waals surface area contributed by atoms with Crippen LogP contribution in [-0.4, -0.2) is 41.9 Å². The summed E-state index contributed by atoms with van der Waals surface area (Å²) in [6, 6.07) is -1.04. The number of halogens is 1. The van der Waals surface area contributed by atoms with Crippen LogP contribution in [0.25, 0.3) is 11.2 Å². The normalized spacial score (nSPS) is 27.7. The molecule has 4 N–H and O–H groups in total. The Hall–Kier alpha value is -2.06. The van der Waals surface area contributed by atoms with Gasteiger partial charge in [-0.3, -0.25) is 0 Å². The summed E-state index contributed by atoms with van der Waals surface area (Å²) in [7, 11) is 0. The molecule has 1 unspecified atom stereocenters. The fraction of sp³-hybridized carbons (Fsp3) is 0.300. The Morgan fingerprint density at radius 3 is 2.72 bits per heavy atom. The third-order valence-electron chi connectivity index (χ3n) is 2.97. The first-order valence-electron chi connectivity index (χ1n) is 5.26. The molecule has 3 atom stereocenters. The lowest BCUT2D eigenvalue weighted by Crippen LogP contribution is -2.28. The second-order valence-electron chi connectivity index (χ2n) is 4.06. The van der Waals surface area contributed by atoms with E-state index in [1.165, 1.54) is 17.2 Å². The SMILES string of the molecule is Nc1ncnc2c1ncn2C1C(F)=C[C@H](O)[C@H]1O. The van der Waals surface area contributed by atoms with Crippen LogP contribution >= 0.6 is 0 Å². The number of aromatic nitrogens is 4. The van der Waals surface area contributed by atoms with Gasteiger partial charge in [0.05, 0.1) is 6.33 Å². The molecule has 7 nitrogen and oxygen atoms in total. The predicted molar refractivity (Wildman–Crippen MR) is 60.0 cm³/mol. The van der Waals surface area contributed by atoms with Crippen molar-refractivity contribution in [2.24, 2.45) is 0 Å². The molecule has 2 aromatic rings. The maximum absolute atomic E-state index is 13.7. The van der Waals surface area contributed by atoms with Gasteiger partial charge in [-0.05, 0) is 6.08 Å². The second kappa shape index (κ2) is 3.72. The summed E-state index contributed by atoms with van der Waals surface area (Å²) in [4.78, 5) is 11.7. The van der Waals surface area contributed by atoms with Crippen LogP contribution in [0.5, 0.6) is 0 Å². The molecule has 0 aromatic carbocycles. The number of fused-ring (bicyclic) bond motifs is 1. The number of hydrogen-bond donors (Lipinski definition) is 3. The number of hydrogen-bond acceptors (Lipinski definition) is 6. The Bertz CT molecular complexity index is 640. The summed E-state index contributed by atoms with van der Waals surface area (Å²) in [5.74, 6) is -0.456. The molecule has 0 saturated heterocycles. The van der Waals surface area contributed by atoms with Gasteiger partial charge in [-0.1, -0.05) is 0 Å². The van der Waals surface area contributed by atoms with E-state index in [0.29, 0.717) is 11.2 Å². The molecule has 2 heterocycles. The van der Waals surface area contributed by atoms with Gasteiger partial charge in [0, 0.05) is 0 Å². The highest BCUT2D eigenvalue weighted by Gasteiger charge is 2.37. The van der Waals surface area contributed by atoms with Gasteiger partial charge in [-0.15, -0.1) is 0 Å². The molecule has 18 heavy (non-hydrogen) atoms. The highest BCUT2D eigenvalue weighted by atomic mass is 19.1. The number of imidazole rings is 1. The average molecular weight is 251 g/mol. The standard InChI is InChI=1S/C10H10FN5O2/c11-4-1-5(17)8(18)7(4)16-3-15-6-9(12)13-2-14-10(6)16/h1-3,5,7-8,17-18H,(H2,12,13,14)/t5-,7?,8+/m0/s1. The molecule has 2 aromatic heterocycles. The topological polar surface area (TPSA) is 110 Å². The number of nitrogen functional groups attached to an aromatic ring is 1. The highest BCUT2D eigenvalue weighted by molar-refractivity contribution is 5.81. The molecule has 3 rings (SSSR count). The summed E-state index contributed by atoms with van der Waals surface area (Å²) in [6.45, 7) is 0. The fourth-order valence-electron chi connectivity index (χ4n) is 2.08. The third-order valence-corrected chi connectivity index (χ3v) is 2.97. The van der Waals surface area contributed by atoms with Gasteiger partial charge in [0.1, 0.15) is 35.9 Å². The zero-order valence-corrected chi connectivity index (χ0v) is 9.10. The molecule has 8 heteroatoms. The van der Waals surface area contributed by atoms with Crippen LogP contribution < -0.4 is 5.73 Å². The molecule has 0 fully saturated rings. The monoisotopic (exact) mass is 251 g/mol. The van der Waals surface area contributed by atoms with E-state index in [0.717, 1.165) is 6.08 Å². The maximum atomic E-state index is 13.7. The minimum atomic E-state index is -1.28. The summed E-state index contributed by atoms with van der Waals surface area (Å²) in [6.07, 6.45) is 0.987. The van der Waals surface area contributed by atoms with E-state index < -0.39 is 24.1 Å². The summed E-state index contributed by atoms with van der Waals surface area (Å²) < 4.78 is 15.0. The molecule has 0 spiro atoms. The lowest BCUT2D eigenvalue weighted by molar-refractivity contribution is 0.0338. The Balaban J connectivity index is 2.16. The Morgan fingerprint density at radius 1 is 1.28 bits per heavy atom. The Labute approximate surface area is 100 Å². The molecule has 0 bridgehead atoms. The van der Waals surface area contributed by atoms with E-state index in [9.17, 15) is 14.6 Å². The molecular weight excluding hydrogens is 241 g/mol. The quantitative estimate of drug-likeness (QED) is 0.632. The van der Waals surface area contributed by atoms with E-state index >= 15 is 0 Å². The van der Waals surface area contributed by atoms with E-state index in [2.05, 4.69) is 15.0 Å². The predicted octanol–water partition coefficient (Wildman–Crippen LogP) is -0.462. The number of aliphatic hydroxyl groups is 2. The summed E-state index contributed by atoms with van der Waals surface area (Å²) >= 11 is 0. The fourth-order valence-corrected chi connectivity index (χ4v) is 2.08. The van der Waals surface area contributed by atoms with Crippen molar-refractivity contribution in [3.8, 4) is 0 Å². The zero-order chi connectivity index (χ0) is 12.9. The first-order chi connectivity index (χ1) is 8.59. The van der Waals surface area contributed by atoms with Crippen molar-refractivity contribution in [2.75, 3.05) is 5.73 Å². The van der Waals surface area contributed by atoms with Gasteiger partial charge in [-0.25, -0.2) is 19.3 Å². The number of nitrogens with two attached hydrogens (primary N) is 1. The number of anilines is 1. The number of rotatable bonds is 1.